The van der Waals surface area contributed by atoms with Crippen molar-refractivity contribution in [1.29, 1.82) is 0 Å². The molecule has 1 aliphatic carbocycles. The molecule has 0 aromatic carbocycles. The number of fused-ring (bicyclic) bond motifs is 1. The molecular weight excluding hydrogens is 262 g/mol. The first kappa shape index (κ1) is 16.8. The quantitative estimate of drug-likeness (QED) is 0.707. The minimum atomic E-state index is -0.545. The first-order valence-electron chi connectivity index (χ1n) is 8.76. The third-order valence-electron chi connectivity index (χ3n) is 5.87. The van der Waals surface area contributed by atoms with Crippen LogP contribution in [0.3, 0.4) is 0 Å². The number of nitrogens with two attached hydrogens (primary N) is 1. The molecule has 3 N–H and O–H groups in total. The highest BCUT2D eigenvalue weighted by molar-refractivity contribution is 5.84. The van der Waals surface area contributed by atoms with Gasteiger partial charge in [0, 0.05) is 6.54 Å². The first-order chi connectivity index (χ1) is 10.0. The molecule has 1 saturated heterocycles. The lowest BCUT2D eigenvalue weighted by Crippen LogP contribution is -2.51. The smallest absolute Gasteiger partial charge is 0.237 e. The molecular formula is C17H33N3O. The summed E-state index contributed by atoms with van der Waals surface area (Å²) >= 11 is 0. The molecule has 122 valence electrons. The molecule has 2 aliphatic rings. The van der Waals surface area contributed by atoms with Crippen LogP contribution in [0.2, 0.25) is 0 Å². The highest BCUT2D eigenvalue weighted by Gasteiger charge is 2.31. The normalized spacial score (nSPS) is 29.6. The molecule has 1 saturated carbocycles. The number of nitrogens with zero attached hydrogens (tertiary/aromatic N) is 1. The van der Waals surface area contributed by atoms with E-state index in [9.17, 15) is 4.79 Å². The highest BCUT2D eigenvalue weighted by atomic mass is 16.1. The van der Waals surface area contributed by atoms with E-state index >= 15 is 0 Å². The Bertz CT molecular complexity index is 347. The molecule has 2 rings (SSSR count). The van der Waals surface area contributed by atoms with E-state index < -0.39 is 5.54 Å². The number of likely N-dealkylation sites (N-methyl/N-ethyl adjacent to an activating group) is 1. The Hall–Kier alpha value is -0.610. The second-order valence-corrected chi connectivity index (χ2v) is 7.30. The maximum Gasteiger partial charge on any atom is 0.237 e. The van der Waals surface area contributed by atoms with Gasteiger partial charge in [-0.25, -0.2) is 0 Å². The van der Waals surface area contributed by atoms with Crippen LogP contribution in [0, 0.1) is 11.8 Å². The number of carbonyl (C=O) groups excluding carboxylic acids is 1. The molecule has 2 fully saturated rings. The fraction of sp³-hybridized carbons (Fsp3) is 0.941. The summed E-state index contributed by atoms with van der Waals surface area (Å²) in [6.07, 6.45) is 10.3. The number of amides is 1. The van der Waals surface area contributed by atoms with E-state index in [0.29, 0.717) is 0 Å². The number of piperidine rings is 1. The van der Waals surface area contributed by atoms with Crippen molar-refractivity contribution in [3.05, 3.63) is 0 Å². The second kappa shape index (κ2) is 7.59. The van der Waals surface area contributed by atoms with Crippen LogP contribution in [0.4, 0.5) is 0 Å². The summed E-state index contributed by atoms with van der Waals surface area (Å²) in [7, 11) is 1.82. The summed E-state index contributed by atoms with van der Waals surface area (Å²) in [5.41, 5.74) is 4.92. The Morgan fingerprint density at radius 1 is 1.24 bits per heavy atom. The van der Waals surface area contributed by atoms with E-state index in [-0.39, 0.29) is 5.91 Å². The van der Waals surface area contributed by atoms with Gasteiger partial charge in [-0.1, -0.05) is 19.3 Å². The lowest BCUT2D eigenvalue weighted by Gasteiger charge is -2.41. The van der Waals surface area contributed by atoms with Crippen LogP contribution in [0.1, 0.15) is 58.3 Å². The number of hydrogen-bond donors (Lipinski definition) is 2. The molecule has 1 amide bonds. The summed E-state index contributed by atoms with van der Waals surface area (Å²) in [4.78, 5) is 14.1. The fourth-order valence-corrected chi connectivity index (χ4v) is 4.06. The summed E-state index contributed by atoms with van der Waals surface area (Å²) in [6.45, 7) is 5.68. The Labute approximate surface area is 129 Å². The van der Waals surface area contributed by atoms with Gasteiger partial charge in [-0.05, 0) is 71.0 Å². The molecule has 1 aliphatic heterocycles. The van der Waals surface area contributed by atoms with Crippen molar-refractivity contribution < 1.29 is 4.79 Å². The number of rotatable bonds is 7. The average molecular weight is 295 g/mol. The highest BCUT2D eigenvalue weighted by Crippen LogP contribution is 2.36. The Morgan fingerprint density at radius 2 is 1.95 bits per heavy atom. The molecule has 4 nitrogen and oxygen atoms in total. The molecule has 1 heterocycles. The number of likely N-dealkylation sites (tertiary alicyclic amines) is 1. The number of unbranched alkanes of at least 4 members (excludes halogenated alkanes) is 1. The van der Waals surface area contributed by atoms with Gasteiger partial charge in [0.25, 0.3) is 0 Å². The van der Waals surface area contributed by atoms with Crippen LogP contribution in [-0.4, -0.2) is 43.0 Å². The van der Waals surface area contributed by atoms with Crippen LogP contribution in [0.5, 0.6) is 0 Å². The lowest BCUT2D eigenvalue weighted by molar-refractivity contribution is -0.123. The molecule has 0 aromatic rings. The summed E-state index contributed by atoms with van der Waals surface area (Å²) in [5.74, 6) is 1.73. The SMILES string of the molecule is CNC(C)(CCCCN1CCC2CCCCC2C1)C(N)=O. The number of carbonyl (C=O) groups is 1. The Balaban J connectivity index is 1.66. The predicted octanol–water partition coefficient (Wildman–Crippen LogP) is 2.13. The molecule has 0 aromatic heterocycles. The van der Waals surface area contributed by atoms with E-state index in [1.807, 2.05) is 14.0 Å². The van der Waals surface area contributed by atoms with Crippen molar-refractivity contribution in [2.45, 2.75) is 63.8 Å². The third kappa shape index (κ3) is 4.43. The molecule has 4 heteroatoms. The van der Waals surface area contributed by atoms with Crippen molar-refractivity contribution in [1.82, 2.24) is 10.2 Å². The van der Waals surface area contributed by atoms with E-state index in [4.69, 9.17) is 5.73 Å². The van der Waals surface area contributed by atoms with Gasteiger partial charge >= 0.3 is 0 Å². The van der Waals surface area contributed by atoms with E-state index in [1.54, 1.807) is 0 Å². The van der Waals surface area contributed by atoms with Crippen molar-refractivity contribution in [3.63, 3.8) is 0 Å². The average Bonchev–Trinajstić information content (AvgIpc) is 2.51. The number of primary amides is 1. The van der Waals surface area contributed by atoms with Gasteiger partial charge in [-0.2, -0.15) is 0 Å². The van der Waals surface area contributed by atoms with E-state index in [1.165, 1.54) is 58.2 Å². The van der Waals surface area contributed by atoms with Crippen LogP contribution < -0.4 is 11.1 Å². The van der Waals surface area contributed by atoms with Crippen LogP contribution in [0.25, 0.3) is 0 Å². The molecule has 0 radical (unpaired) electrons. The van der Waals surface area contributed by atoms with Gasteiger partial charge in [0.15, 0.2) is 0 Å². The second-order valence-electron chi connectivity index (χ2n) is 7.30. The van der Waals surface area contributed by atoms with Gasteiger partial charge in [0.05, 0.1) is 5.54 Å². The Morgan fingerprint density at radius 3 is 2.62 bits per heavy atom. The molecule has 3 atom stereocenters. The van der Waals surface area contributed by atoms with E-state index in [2.05, 4.69) is 10.2 Å². The first-order valence-corrected chi connectivity index (χ1v) is 8.76. The number of nitrogens with one attached hydrogen (secondary N) is 1. The summed E-state index contributed by atoms with van der Waals surface area (Å²) in [5, 5.41) is 3.07. The van der Waals surface area contributed by atoms with Gasteiger partial charge < -0.3 is 16.0 Å². The zero-order chi connectivity index (χ0) is 15.3. The summed E-state index contributed by atoms with van der Waals surface area (Å²) in [6, 6.07) is 0. The van der Waals surface area contributed by atoms with Gasteiger partial charge in [0.2, 0.25) is 5.91 Å². The minimum Gasteiger partial charge on any atom is -0.368 e. The fourth-order valence-electron chi connectivity index (χ4n) is 4.06. The maximum absolute atomic E-state index is 11.5. The maximum atomic E-state index is 11.5. The molecule has 0 spiro atoms. The number of hydrogen-bond acceptors (Lipinski definition) is 3. The summed E-state index contributed by atoms with van der Waals surface area (Å²) < 4.78 is 0. The zero-order valence-corrected chi connectivity index (χ0v) is 13.9. The van der Waals surface area contributed by atoms with Crippen LogP contribution >= 0.6 is 0 Å². The lowest BCUT2D eigenvalue weighted by atomic mass is 9.75. The van der Waals surface area contributed by atoms with Gasteiger partial charge in [0.1, 0.15) is 0 Å². The Kier molecular flexibility index (Phi) is 6.06. The topological polar surface area (TPSA) is 58.4 Å². The molecule has 21 heavy (non-hydrogen) atoms. The standard InChI is InChI=1S/C17H33N3O/c1-17(19-2,16(18)21)10-5-6-11-20-12-9-14-7-3-4-8-15(14)13-20/h14-15,19H,3-13H2,1-2H3,(H2,18,21). The molecule has 0 bridgehead atoms. The van der Waals surface area contributed by atoms with Crippen LogP contribution in [0.15, 0.2) is 0 Å². The van der Waals surface area contributed by atoms with Gasteiger partial charge in [-0.3, -0.25) is 4.79 Å². The third-order valence-corrected chi connectivity index (χ3v) is 5.87. The largest absolute Gasteiger partial charge is 0.368 e. The molecule has 3 unspecified atom stereocenters. The van der Waals surface area contributed by atoms with Crippen molar-refractivity contribution in [2.24, 2.45) is 17.6 Å². The van der Waals surface area contributed by atoms with E-state index in [0.717, 1.165) is 24.7 Å². The van der Waals surface area contributed by atoms with Crippen LogP contribution in [-0.2, 0) is 4.79 Å². The zero-order valence-electron chi connectivity index (χ0n) is 13.9. The van der Waals surface area contributed by atoms with Gasteiger partial charge in [-0.15, -0.1) is 0 Å². The minimum absolute atomic E-state index is 0.243. The monoisotopic (exact) mass is 295 g/mol. The predicted molar refractivity (Wildman–Crippen MR) is 87.0 cm³/mol. The van der Waals surface area contributed by atoms with Crippen molar-refractivity contribution in [3.8, 4) is 0 Å². The van der Waals surface area contributed by atoms with Crippen molar-refractivity contribution in [2.75, 3.05) is 26.7 Å². The van der Waals surface area contributed by atoms with Crippen molar-refractivity contribution >= 4 is 5.91 Å².